The van der Waals surface area contributed by atoms with E-state index in [9.17, 15) is 9.59 Å². The van der Waals surface area contributed by atoms with Crippen LogP contribution in [-0.4, -0.2) is 24.2 Å². The van der Waals surface area contributed by atoms with Crippen molar-refractivity contribution in [2.75, 3.05) is 7.11 Å². The number of hydrogen-bond acceptors (Lipinski definition) is 4. The molecule has 0 saturated carbocycles. The van der Waals surface area contributed by atoms with E-state index < -0.39 is 11.9 Å². The first-order chi connectivity index (χ1) is 10.0. The topological polar surface area (TPSA) is 76.7 Å². The van der Waals surface area contributed by atoms with Gasteiger partial charge in [0.25, 0.3) is 0 Å². The maximum atomic E-state index is 11.2. The fourth-order valence-electron chi connectivity index (χ4n) is 1.82. The zero-order valence-electron chi connectivity index (χ0n) is 11.6. The van der Waals surface area contributed by atoms with Gasteiger partial charge in [-0.2, -0.15) is 0 Å². The number of carboxylic acid groups (broad SMARTS) is 1. The van der Waals surface area contributed by atoms with Gasteiger partial charge in [-0.25, -0.2) is 9.59 Å². The predicted molar refractivity (Wildman–Crippen MR) is 76.8 cm³/mol. The lowest BCUT2D eigenvalue weighted by molar-refractivity contribution is -0.134. The molecule has 108 valence electrons. The van der Waals surface area contributed by atoms with Crippen molar-refractivity contribution >= 4 is 17.5 Å². The second kappa shape index (κ2) is 6.09. The summed E-state index contributed by atoms with van der Waals surface area (Å²) in [4.78, 5) is 22.1. The molecular weight excluding hydrogens is 272 g/mol. The standard InChI is InChI=1S/C16H14O5/c1-10(8-15(17)20-2)13-6-7-14(21-13)11-4-3-5-12(9-11)16(18)19/h3-9H,1-2H3,(H,18,19)/b10-8+. The Bertz CT molecular complexity index is 709. The minimum atomic E-state index is -0.995. The largest absolute Gasteiger partial charge is 0.478 e. The highest BCUT2D eigenvalue weighted by atomic mass is 16.5. The van der Waals surface area contributed by atoms with E-state index in [4.69, 9.17) is 9.52 Å². The third-order valence-electron chi connectivity index (χ3n) is 2.92. The summed E-state index contributed by atoms with van der Waals surface area (Å²) in [6, 6.07) is 9.90. The molecule has 0 spiro atoms. The highest BCUT2D eigenvalue weighted by Gasteiger charge is 2.10. The number of ether oxygens (including phenoxy) is 1. The molecule has 0 saturated heterocycles. The zero-order chi connectivity index (χ0) is 15.4. The minimum absolute atomic E-state index is 0.187. The molecule has 0 aliphatic rings. The zero-order valence-corrected chi connectivity index (χ0v) is 11.6. The molecule has 2 rings (SSSR count). The van der Waals surface area contributed by atoms with Gasteiger partial charge < -0.3 is 14.3 Å². The van der Waals surface area contributed by atoms with Gasteiger partial charge in [0, 0.05) is 11.6 Å². The van der Waals surface area contributed by atoms with Crippen molar-refractivity contribution in [1.82, 2.24) is 0 Å². The van der Waals surface area contributed by atoms with Gasteiger partial charge >= 0.3 is 11.9 Å². The van der Waals surface area contributed by atoms with Crippen LogP contribution in [0.15, 0.2) is 46.9 Å². The smallest absolute Gasteiger partial charge is 0.335 e. The molecule has 1 heterocycles. The normalized spacial score (nSPS) is 11.2. The van der Waals surface area contributed by atoms with Crippen LogP contribution in [0.3, 0.4) is 0 Å². The molecule has 5 nitrogen and oxygen atoms in total. The number of rotatable bonds is 4. The first-order valence-corrected chi connectivity index (χ1v) is 6.21. The average molecular weight is 286 g/mol. The van der Waals surface area contributed by atoms with Gasteiger partial charge in [-0.05, 0) is 36.8 Å². The van der Waals surface area contributed by atoms with Gasteiger partial charge in [0.2, 0.25) is 0 Å². The Morgan fingerprint density at radius 1 is 1.24 bits per heavy atom. The highest BCUT2D eigenvalue weighted by molar-refractivity contribution is 5.90. The van der Waals surface area contributed by atoms with Crippen LogP contribution in [0.4, 0.5) is 0 Å². The van der Waals surface area contributed by atoms with Crippen molar-refractivity contribution in [2.45, 2.75) is 6.92 Å². The number of methoxy groups -OCH3 is 1. The first kappa shape index (κ1) is 14.6. The number of carbonyl (C=O) groups excluding carboxylic acids is 1. The molecule has 1 N–H and O–H groups in total. The lowest BCUT2D eigenvalue weighted by Gasteiger charge is -2.00. The Hall–Kier alpha value is -2.82. The summed E-state index contributed by atoms with van der Waals surface area (Å²) >= 11 is 0. The van der Waals surface area contributed by atoms with Crippen LogP contribution in [0, 0.1) is 0 Å². The summed E-state index contributed by atoms with van der Waals surface area (Å²) in [5.74, 6) is -0.398. The second-order valence-electron chi connectivity index (χ2n) is 4.40. The van der Waals surface area contributed by atoms with Gasteiger partial charge in [-0.3, -0.25) is 0 Å². The van der Waals surface area contributed by atoms with Crippen molar-refractivity contribution < 1.29 is 23.8 Å². The SMILES string of the molecule is COC(=O)/C=C(\C)c1ccc(-c2cccc(C(=O)O)c2)o1. The molecule has 1 aromatic heterocycles. The van der Waals surface area contributed by atoms with Crippen LogP contribution in [0.1, 0.15) is 23.0 Å². The summed E-state index contributed by atoms with van der Waals surface area (Å²) in [6.45, 7) is 1.73. The van der Waals surface area contributed by atoms with Gasteiger partial charge in [-0.15, -0.1) is 0 Å². The second-order valence-corrected chi connectivity index (χ2v) is 4.40. The molecule has 0 radical (unpaired) electrons. The molecule has 1 aromatic carbocycles. The number of carbonyl (C=O) groups is 2. The van der Waals surface area contributed by atoms with Crippen LogP contribution >= 0.6 is 0 Å². The van der Waals surface area contributed by atoms with Gasteiger partial charge in [0.1, 0.15) is 11.5 Å². The molecule has 0 fully saturated rings. The Morgan fingerprint density at radius 2 is 2.00 bits per heavy atom. The lowest BCUT2D eigenvalue weighted by Crippen LogP contribution is -1.95. The quantitative estimate of drug-likeness (QED) is 0.689. The van der Waals surface area contributed by atoms with E-state index >= 15 is 0 Å². The van der Waals surface area contributed by atoms with Gasteiger partial charge in [0.15, 0.2) is 0 Å². The van der Waals surface area contributed by atoms with E-state index in [1.54, 1.807) is 31.2 Å². The first-order valence-electron chi connectivity index (χ1n) is 6.21. The minimum Gasteiger partial charge on any atom is -0.478 e. The summed E-state index contributed by atoms with van der Waals surface area (Å²) in [6.07, 6.45) is 1.33. The number of hydrogen-bond donors (Lipinski definition) is 1. The van der Waals surface area contributed by atoms with Crippen LogP contribution in [0.2, 0.25) is 0 Å². The summed E-state index contributed by atoms with van der Waals surface area (Å²) in [7, 11) is 1.30. The van der Waals surface area contributed by atoms with Crippen molar-refractivity contribution in [3.8, 4) is 11.3 Å². The molecule has 5 heteroatoms. The third kappa shape index (κ3) is 3.39. The van der Waals surface area contributed by atoms with E-state index in [2.05, 4.69) is 4.74 Å². The summed E-state index contributed by atoms with van der Waals surface area (Å²) in [5.41, 5.74) is 1.47. The number of allylic oxidation sites excluding steroid dienone is 1. The van der Waals surface area contributed by atoms with E-state index in [1.807, 2.05) is 0 Å². The molecule has 0 aliphatic carbocycles. The molecule has 0 bridgehead atoms. The number of carboxylic acids is 1. The Labute approximate surface area is 121 Å². The van der Waals surface area contributed by atoms with E-state index in [0.29, 0.717) is 22.7 Å². The molecule has 0 aliphatic heterocycles. The fraction of sp³-hybridized carbons (Fsp3) is 0.125. The van der Waals surface area contributed by atoms with Gasteiger partial charge in [-0.1, -0.05) is 12.1 Å². The fourth-order valence-corrected chi connectivity index (χ4v) is 1.82. The number of esters is 1. The van der Waals surface area contributed by atoms with Crippen molar-refractivity contribution in [3.05, 3.63) is 53.8 Å². The number of aromatic carboxylic acids is 1. The van der Waals surface area contributed by atoms with E-state index in [-0.39, 0.29) is 5.56 Å². The molecule has 21 heavy (non-hydrogen) atoms. The molecule has 2 aromatic rings. The van der Waals surface area contributed by atoms with Crippen LogP contribution in [0.5, 0.6) is 0 Å². The molecule has 0 unspecified atom stereocenters. The van der Waals surface area contributed by atoms with Crippen molar-refractivity contribution in [3.63, 3.8) is 0 Å². The third-order valence-corrected chi connectivity index (χ3v) is 2.92. The van der Waals surface area contributed by atoms with Crippen LogP contribution < -0.4 is 0 Å². The van der Waals surface area contributed by atoms with E-state index in [1.165, 1.54) is 25.3 Å². The summed E-state index contributed by atoms with van der Waals surface area (Å²) in [5, 5.41) is 8.98. The molecule has 0 atom stereocenters. The monoisotopic (exact) mass is 286 g/mol. The summed E-state index contributed by atoms with van der Waals surface area (Å²) < 4.78 is 10.2. The van der Waals surface area contributed by atoms with Gasteiger partial charge in [0.05, 0.1) is 12.7 Å². The number of furan rings is 1. The van der Waals surface area contributed by atoms with Crippen LogP contribution in [-0.2, 0) is 9.53 Å². The van der Waals surface area contributed by atoms with E-state index in [0.717, 1.165) is 0 Å². The average Bonchev–Trinajstić information content (AvgIpc) is 2.97. The van der Waals surface area contributed by atoms with Crippen LogP contribution in [0.25, 0.3) is 16.9 Å². The molecular formula is C16H14O5. The Morgan fingerprint density at radius 3 is 2.67 bits per heavy atom. The predicted octanol–water partition coefficient (Wildman–Crippen LogP) is 3.22. The maximum absolute atomic E-state index is 11.2. The van der Waals surface area contributed by atoms with Crippen molar-refractivity contribution in [1.29, 1.82) is 0 Å². The van der Waals surface area contributed by atoms with Crippen molar-refractivity contribution in [2.24, 2.45) is 0 Å². The molecule has 0 amide bonds. The number of benzene rings is 1. The highest BCUT2D eigenvalue weighted by Crippen LogP contribution is 2.26. The Balaban J connectivity index is 2.32. The lowest BCUT2D eigenvalue weighted by atomic mass is 10.1. The maximum Gasteiger partial charge on any atom is 0.335 e. The Kier molecular flexibility index (Phi) is 4.23.